The Bertz CT molecular complexity index is 518. The molecule has 0 saturated heterocycles. The van der Waals surface area contributed by atoms with E-state index in [1.54, 1.807) is 0 Å². The number of amides is 1. The number of hydrogen-bond donors (Lipinski definition) is 3. The van der Waals surface area contributed by atoms with E-state index >= 15 is 0 Å². The molecule has 104 valence electrons. The number of pyridine rings is 1. The van der Waals surface area contributed by atoms with Crippen molar-refractivity contribution >= 4 is 17.6 Å². The second-order valence-corrected chi connectivity index (χ2v) is 3.85. The number of aromatic nitrogens is 1. The number of carboxylic acids is 1. The highest BCUT2D eigenvalue weighted by Gasteiger charge is 2.57. The summed E-state index contributed by atoms with van der Waals surface area (Å²) in [6.07, 6.45) is -3.99. The van der Waals surface area contributed by atoms with Gasteiger partial charge in [-0.15, -0.1) is 0 Å². The van der Waals surface area contributed by atoms with Crippen molar-refractivity contribution in [1.82, 2.24) is 4.98 Å². The Morgan fingerprint density at radius 2 is 2.00 bits per heavy atom. The average Bonchev–Trinajstić information content (AvgIpc) is 2.27. The van der Waals surface area contributed by atoms with Gasteiger partial charge in [-0.05, 0) is 19.1 Å². The van der Waals surface area contributed by atoms with Crippen molar-refractivity contribution in [2.75, 3.05) is 5.32 Å². The average molecular weight is 277 g/mol. The molecule has 1 amide bonds. The van der Waals surface area contributed by atoms with E-state index in [1.807, 2.05) is 5.32 Å². The molecule has 0 bridgehead atoms. The topological polar surface area (TPSA) is 105 Å². The first-order chi connectivity index (χ1) is 8.58. The third kappa shape index (κ3) is 2.92. The molecule has 0 aromatic carbocycles. The molecule has 1 aromatic heterocycles. The minimum atomic E-state index is -5.03. The molecule has 0 fully saturated rings. The van der Waals surface area contributed by atoms with Gasteiger partial charge in [-0.25, -0.2) is 4.79 Å². The van der Waals surface area contributed by atoms with Gasteiger partial charge in [0.05, 0.1) is 0 Å². The molecule has 0 aliphatic carbocycles. The van der Waals surface area contributed by atoms with E-state index in [-0.39, 0.29) is 11.4 Å². The minimum absolute atomic E-state index is 0.231. The van der Waals surface area contributed by atoms with Crippen LogP contribution >= 0.6 is 0 Å². The SMILES string of the molecule is CC(Nc1ccnc(C(N)=O)c1)(C(=O)O)C(F)(F)F. The molecule has 1 aromatic rings. The van der Waals surface area contributed by atoms with Crippen LogP contribution < -0.4 is 11.1 Å². The Balaban J connectivity index is 3.15. The molecule has 0 saturated carbocycles. The number of carbonyl (C=O) groups is 2. The van der Waals surface area contributed by atoms with E-state index in [0.717, 1.165) is 18.3 Å². The summed E-state index contributed by atoms with van der Waals surface area (Å²) in [7, 11) is 0. The smallest absolute Gasteiger partial charge is 0.422 e. The number of hydrogen-bond acceptors (Lipinski definition) is 4. The number of rotatable bonds is 4. The van der Waals surface area contributed by atoms with Crippen molar-refractivity contribution < 1.29 is 27.9 Å². The second kappa shape index (κ2) is 4.75. The van der Waals surface area contributed by atoms with Gasteiger partial charge in [-0.2, -0.15) is 13.2 Å². The Hall–Kier alpha value is -2.32. The Labute approximate surface area is 105 Å². The van der Waals surface area contributed by atoms with Crippen molar-refractivity contribution in [3.8, 4) is 0 Å². The number of alkyl halides is 3. The summed E-state index contributed by atoms with van der Waals surface area (Å²) in [4.78, 5) is 25.2. The van der Waals surface area contributed by atoms with Gasteiger partial charge >= 0.3 is 12.1 Å². The largest absolute Gasteiger partial charge is 0.479 e. The summed E-state index contributed by atoms with van der Waals surface area (Å²) in [5, 5.41) is 10.5. The fourth-order valence-electron chi connectivity index (χ4n) is 1.18. The van der Waals surface area contributed by atoms with Crippen molar-refractivity contribution in [2.45, 2.75) is 18.6 Å². The zero-order chi connectivity index (χ0) is 14.8. The van der Waals surface area contributed by atoms with Crippen molar-refractivity contribution in [1.29, 1.82) is 0 Å². The second-order valence-electron chi connectivity index (χ2n) is 3.85. The lowest BCUT2D eigenvalue weighted by molar-refractivity contribution is -0.192. The zero-order valence-electron chi connectivity index (χ0n) is 9.65. The van der Waals surface area contributed by atoms with Crippen LogP contribution in [0.4, 0.5) is 18.9 Å². The molecular weight excluding hydrogens is 267 g/mol. The van der Waals surface area contributed by atoms with Crippen LogP contribution in [0.1, 0.15) is 17.4 Å². The summed E-state index contributed by atoms with van der Waals surface area (Å²) in [5.74, 6) is -3.04. The van der Waals surface area contributed by atoms with Gasteiger partial charge < -0.3 is 16.2 Å². The first kappa shape index (κ1) is 14.7. The molecule has 1 heterocycles. The molecule has 9 heteroatoms. The highest BCUT2D eigenvalue weighted by atomic mass is 19.4. The summed E-state index contributed by atoms with van der Waals surface area (Å²) in [5.41, 5.74) is 1.22. The predicted octanol–water partition coefficient (Wildman–Crippen LogP) is 0.998. The molecule has 0 aliphatic heterocycles. The first-order valence-corrected chi connectivity index (χ1v) is 4.92. The fourth-order valence-corrected chi connectivity index (χ4v) is 1.18. The lowest BCUT2D eigenvalue weighted by atomic mass is 10.0. The number of anilines is 1. The molecule has 0 aliphatic rings. The molecular formula is C10H10F3N3O3. The number of carbonyl (C=O) groups excluding carboxylic acids is 1. The number of halogens is 3. The van der Waals surface area contributed by atoms with Gasteiger partial charge in [0.1, 0.15) is 5.69 Å². The number of nitrogens with one attached hydrogen (secondary N) is 1. The van der Waals surface area contributed by atoms with Crippen molar-refractivity contribution in [3.63, 3.8) is 0 Å². The normalized spacial score (nSPS) is 14.5. The number of nitrogens with two attached hydrogens (primary N) is 1. The highest BCUT2D eigenvalue weighted by molar-refractivity contribution is 5.92. The van der Waals surface area contributed by atoms with Gasteiger partial charge in [0.15, 0.2) is 0 Å². The van der Waals surface area contributed by atoms with Crippen molar-refractivity contribution in [3.05, 3.63) is 24.0 Å². The lowest BCUT2D eigenvalue weighted by Gasteiger charge is -2.29. The van der Waals surface area contributed by atoms with Gasteiger partial charge in [0.2, 0.25) is 5.54 Å². The van der Waals surface area contributed by atoms with E-state index in [2.05, 4.69) is 4.98 Å². The summed E-state index contributed by atoms with van der Waals surface area (Å²) in [6.45, 7) is 0.472. The molecule has 0 spiro atoms. The number of nitrogens with zero attached hydrogens (tertiary/aromatic N) is 1. The van der Waals surface area contributed by atoms with Gasteiger partial charge in [-0.3, -0.25) is 9.78 Å². The number of carboxylic acid groups (broad SMARTS) is 1. The molecule has 1 atom stereocenters. The van der Waals surface area contributed by atoms with Crippen LogP contribution in [0.2, 0.25) is 0 Å². The van der Waals surface area contributed by atoms with Gasteiger partial charge in [0.25, 0.3) is 5.91 Å². The van der Waals surface area contributed by atoms with Crippen LogP contribution in [-0.2, 0) is 4.79 Å². The molecule has 6 nitrogen and oxygen atoms in total. The van der Waals surface area contributed by atoms with E-state index in [4.69, 9.17) is 10.8 Å². The Morgan fingerprint density at radius 3 is 2.42 bits per heavy atom. The van der Waals surface area contributed by atoms with E-state index in [9.17, 15) is 22.8 Å². The number of primary amides is 1. The molecule has 1 unspecified atom stereocenters. The maximum absolute atomic E-state index is 12.7. The van der Waals surface area contributed by atoms with E-state index in [0.29, 0.717) is 6.92 Å². The lowest BCUT2D eigenvalue weighted by Crippen LogP contribution is -2.55. The summed E-state index contributed by atoms with van der Waals surface area (Å²) < 4.78 is 38.2. The van der Waals surface area contributed by atoms with Crippen LogP contribution in [0.15, 0.2) is 18.3 Å². The highest BCUT2D eigenvalue weighted by Crippen LogP contribution is 2.33. The van der Waals surface area contributed by atoms with E-state index < -0.39 is 23.6 Å². The van der Waals surface area contributed by atoms with Crippen LogP contribution in [-0.4, -0.2) is 33.7 Å². The van der Waals surface area contributed by atoms with Gasteiger partial charge in [0, 0.05) is 11.9 Å². The van der Waals surface area contributed by atoms with Crippen LogP contribution in [0.5, 0.6) is 0 Å². The minimum Gasteiger partial charge on any atom is -0.479 e. The van der Waals surface area contributed by atoms with Crippen LogP contribution in [0, 0.1) is 0 Å². The van der Waals surface area contributed by atoms with Gasteiger partial charge in [-0.1, -0.05) is 0 Å². The predicted molar refractivity (Wildman–Crippen MR) is 58.5 cm³/mol. The fraction of sp³-hybridized carbons (Fsp3) is 0.300. The van der Waals surface area contributed by atoms with Crippen LogP contribution in [0.3, 0.4) is 0 Å². The summed E-state index contributed by atoms with van der Waals surface area (Å²) >= 11 is 0. The molecule has 4 N–H and O–H groups in total. The Kier molecular flexibility index (Phi) is 3.68. The quantitative estimate of drug-likeness (QED) is 0.761. The van der Waals surface area contributed by atoms with E-state index in [1.165, 1.54) is 0 Å². The monoisotopic (exact) mass is 277 g/mol. The maximum Gasteiger partial charge on any atom is 0.422 e. The summed E-state index contributed by atoms with van der Waals surface area (Å²) in [6, 6.07) is 2.04. The molecule has 1 rings (SSSR count). The standard InChI is InChI=1S/C10H10F3N3O3/c1-9(8(18)19,10(11,12)13)16-5-2-3-15-6(4-5)7(14)17/h2-4H,1H3,(H2,14,17)(H,15,16)(H,18,19). The third-order valence-electron chi connectivity index (χ3n) is 2.40. The first-order valence-electron chi connectivity index (χ1n) is 4.92. The maximum atomic E-state index is 12.7. The van der Waals surface area contributed by atoms with Crippen molar-refractivity contribution in [2.24, 2.45) is 5.73 Å². The zero-order valence-corrected chi connectivity index (χ0v) is 9.65. The Morgan fingerprint density at radius 1 is 1.42 bits per heavy atom. The van der Waals surface area contributed by atoms with Crippen LogP contribution in [0.25, 0.3) is 0 Å². The molecule has 19 heavy (non-hydrogen) atoms. The third-order valence-corrected chi connectivity index (χ3v) is 2.40. The molecule has 0 radical (unpaired) electrons. The number of aliphatic carboxylic acids is 1.